The Morgan fingerprint density at radius 2 is 1.96 bits per heavy atom. The van der Waals surface area contributed by atoms with E-state index in [0.717, 1.165) is 40.5 Å². The van der Waals surface area contributed by atoms with E-state index in [9.17, 15) is 0 Å². The van der Waals surface area contributed by atoms with Crippen molar-refractivity contribution in [3.05, 3.63) is 77.5 Å². The Hall–Kier alpha value is -2.83. The van der Waals surface area contributed by atoms with Crippen LogP contribution in [0, 0.1) is 0 Å². The van der Waals surface area contributed by atoms with Crippen LogP contribution < -0.4 is 17.0 Å². The maximum absolute atomic E-state index is 6.20. The van der Waals surface area contributed by atoms with Crippen LogP contribution in [-0.4, -0.2) is 14.5 Å². The van der Waals surface area contributed by atoms with Gasteiger partial charge in [-0.1, -0.05) is 43.6 Å². The van der Waals surface area contributed by atoms with Crippen LogP contribution in [0.25, 0.3) is 17.1 Å². The van der Waals surface area contributed by atoms with Crippen molar-refractivity contribution in [2.75, 3.05) is 0 Å². The number of pyridine rings is 1. The van der Waals surface area contributed by atoms with Gasteiger partial charge in [0.15, 0.2) is 0 Å². The Bertz CT molecular complexity index is 887. The molecule has 0 aliphatic carbocycles. The highest BCUT2D eigenvalue weighted by Crippen LogP contribution is 2.19. The van der Waals surface area contributed by atoms with Gasteiger partial charge in [-0.25, -0.2) is 4.98 Å². The van der Waals surface area contributed by atoms with Crippen LogP contribution in [0.5, 0.6) is 0 Å². The maximum Gasteiger partial charge on any atom is 0.107 e. The zero-order chi connectivity index (χ0) is 19.6. The van der Waals surface area contributed by atoms with Gasteiger partial charge in [0.1, 0.15) is 5.69 Å². The molecular formula is C20H25ClN6. The minimum absolute atomic E-state index is 0.532. The van der Waals surface area contributed by atoms with Gasteiger partial charge in [-0.3, -0.25) is 10.8 Å². The van der Waals surface area contributed by atoms with Crippen LogP contribution in [0.4, 0.5) is 0 Å². The van der Waals surface area contributed by atoms with E-state index in [1.807, 2.05) is 61.0 Å². The summed E-state index contributed by atoms with van der Waals surface area (Å²) in [6.07, 6.45) is 7.82. The van der Waals surface area contributed by atoms with Crippen LogP contribution in [0.1, 0.15) is 25.0 Å². The lowest BCUT2D eigenvalue weighted by molar-refractivity contribution is 0.696. The van der Waals surface area contributed by atoms with E-state index in [2.05, 4.69) is 15.4 Å². The van der Waals surface area contributed by atoms with E-state index in [1.54, 1.807) is 12.5 Å². The molecule has 0 aliphatic heterocycles. The predicted molar refractivity (Wildman–Crippen MR) is 111 cm³/mol. The normalized spacial score (nSPS) is 10.9. The molecule has 3 aromatic rings. The fourth-order valence-electron chi connectivity index (χ4n) is 2.49. The number of rotatable bonds is 6. The number of hydrazine groups is 1. The van der Waals surface area contributed by atoms with Crippen molar-refractivity contribution in [2.24, 2.45) is 11.6 Å². The first-order chi connectivity index (χ1) is 13.2. The molecule has 5 N–H and O–H groups in total. The second kappa shape index (κ2) is 10.4. The average molecular weight is 385 g/mol. The van der Waals surface area contributed by atoms with Crippen LogP contribution in [-0.2, 0) is 13.0 Å². The third-order valence-electron chi connectivity index (χ3n) is 3.82. The number of nitrogens with two attached hydrogens (primary N) is 2. The van der Waals surface area contributed by atoms with Crippen LogP contribution in [0.3, 0.4) is 0 Å². The monoisotopic (exact) mass is 384 g/mol. The van der Waals surface area contributed by atoms with Crippen molar-refractivity contribution in [3.8, 4) is 11.4 Å². The summed E-state index contributed by atoms with van der Waals surface area (Å²) in [6, 6.07) is 11.6. The number of nitrogens with one attached hydrogen (secondary N) is 1. The molecule has 0 unspecified atom stereocenters. The minimum Gasteiger partial charge on any atom is -0.397 e. The molecule has 0 saturated carbocycles. The van der Waals surface area contributed by atoms with E-state index in [-0.39, 0.29) is 0 Å². The molecule has 0 aliphatic rings. The quantitative estimate of drug-likeness (QED) is 0.446. The summed E-state index contributed by atoms with van der Waals surface area (Å²) in [5.41, 5.74) is 12.4. The molecule has 0 saturated heterocycles. The molecule has 0 amide bonds. The average Bonchev–Trinajstić information content (AvgIpc) is 3.18. The molecule has 2 heterocycles. The molecule has 7 heteroatoms. The second-order valence-corrected chi connectivity index (χ2v) is 5.94. The summed E-state index contributed by atoms with van der Waals surface area (Å²) in [7, 11) is 0. The first-order valence-electron chi connectivity index (χ1n) is 8.81. The number of nitrogens with zero attached hydrogens (tertiary/aromatic N) is 3. The largest absolute Gasteiger partial charge is 0.397 e. The molecule has 142 valence electrons. The van der Waals surface area contributed by atoms with Gasteiger partial charge < -0.3 is 15.7 Å². The highest BCUT2D eigenvalue weighted by molar-refractivity contribution is 6.31. The lowest BCUT2D eigenvalue weighted by atomic mass is 10.1. The number of benzene rings is 1. The number of hydrogen-bond acceptors (Lipinski definition) is 5. The lowest BCUT2D eigenvalue weighted by Gasteiger charge is -2.05. The molecule has 0 bridgehead atoms. The molecule has 3 rings (SSSR count). The Balaban J connectivity index is 0.00000126. The van der Waals surface area contributed by atoms with Crippen molar-refractivity contribution in [1.29, 1.82) is 0 Å². The molecule has 0 spiro atoms. The summed E-state index contributed by atoms with van der Waals surface area (Å²) >= 11 is 6.20. The third kappa shape index (κ3) is 5.57. The molecule has 0 radical (unpaired) electrons. The van der Waals surface area contributed by atoms with Gasteiger partial charge in [-0.05, 0) is 30.2 Å². The highest BCUT2D eigenvalue weighted by Gasteiger charge is 2.07. The Morgan fingerprint density at radius 1 is 1.19 bits per heavy atom. The van der Waals surface area contributed by atoms with Gasteiger partial charge in [-0.2, -0.15) is 0 Å². The molecule has 6 nitrogen and oxygen atoms in total. The standard InChI is InChI=1S/C18H19ClN6.C2H6/c19-15-4-2-1-3-13(15)6-8-25-11-18(23-12-25)17-9-14(5-7-22-17)16(20)10-24-21;1-2/h1-5,7,9-12,24H,6,8,20-21H2;1-2H3/b16-10-;. The zero-order valence-electron chi connectivity index (χ0n) is 15.6. The number of aromatic nitrogens is 3. The highest BCUT2D eigenvalue weighted by atomic mass is 35.5. The molecule has 27 heavy (non-hydrogen) atoms. The Labute approximate surface area is 164 Å². The molecule has 1 aromatic carbocycles. The first-order valence-corrected chi connectivity index (χ1v) is 9.19. The SMILES string of the molecule is CC.NN/C=C(\N)c1ccnc(-c2cn(CCc3ccccc3Cl)cn2)c1. The maximum atomic E-state index is 6.20. The van der Waals surface area contributed by atoms with Gasteiger partial charge >= 0.3 is 0 Å². The zero-order valence-corrected chi connectivity index (χ0v) is 16.3. The van der Waals surface area contributed by atoms with Crippen molar-refractivity contribution in [1.82, 2.24) is 20.0 Å². The lowest BCUT2D eigenvalue weighted by Crippen LogP contribution is -2.16. The Morgan fingerprint density at radius 3 is 2.70 bits per heavy atom. The summed E-state index contributed by atoms with van der Waals surface area (Å²) in [5, 5.41) is 0.785. The number of aryl methyl sites for hydroxylation is 2. The van der Waals surface area contributed by atoms with Gasteiger partial charge in [0.25, 0.3) is 0 Å². The minimum atomic E-state index is 0.532. The van der Waals surface area contributed by atoms with Crippen molar-refractivity contribution in [3.63, 3.8) is 0 Å². The van der Waals surface area contributed by atoms with Crippen molar-refractivity contribution < 1.29 is 0 Å². The number of halogens is 1. The van der Waals surface area contributed by atoms with E-state index in [4.69, 9.17) is 23.2 Å². The fourth-order valence-corrected chi connectivity index (χ4v) is 2.72. The number of imidazole rings is 1. The van der Waals surface area contributed by atoms with Crippen LogP contribution in [0.15, 0.2) is 61.3 Å². The molecule has 0 fully saturated rings. The van der Waals surface area contributed by atoms with Gasteiger partial charge in [0.2, 0.25) is 0 Å². The van der Waals surface area contributed by atoms with Gasteiger partial charge in [-0.15, -0.1) is 0 Å². The van der Waals surface area contributed by atoms with Crippen LogP contribution in [0.2, 0.25) is 5.02 Å². The summed E-state index contributed by atoms with van der Waals surface area (Å²) in [5.74, 6) is 5.26. The second-order valence-electron chi connectivity index (χ2n) is 5.53. The Kier molecular flexibility index (Phi) is 7.85. The van der Waals surface area contributed by atoms with E-state index < -0.39 is 0 Å². The van der Waals surface area contributed by atoms with E-state index in [1.165, 1.54) is 6.20 Å². The number of hydrogen-bond donors (Lipinski definition) is 3. The molecule has 2 aromatic heterocycles. The summed E-state index contributed by atoms with van der Waals surface area (Å²) < 4.78 is 2.02. The van der Waals surface area contributed by atoms with E-state index in [0.29, 0.717) is 5.70 Å². The summed E-state index contributed by atoms with van der Waals surface area (Å²) in [4.78, 5) is 8.80. The van der Waals surface area contributed by atoms with Crippen molar-refractivity contribution >= 4 is 17.3 Å². The van der Waals surface area contributed by atoms with Crippen molar-refractivity contribution in [2.45, 2.75) is 26.8 Å². The first kappa shape index (κ1) is 20.5. The topological polar surface area (TPSA) is 94.8 Å². The molecule has 0 atom stereocenters. The third-order valence-corrected chi connectivity index (χ3v) is 4.19. The predicted octanol–water partition coefficient (Wildman–Crippen LogP) is 3.59. The molecular weight excluding hydrogens is 360 g/mol. The fraction of sp³-hybridized carbons (Fsp3) is 0.200. The van der Waals surface area contributed by atoms with E-state index >= 15 is 0 Å². The van der Waals surface area contributed by atoms with Gasteiger partial charge in [0.05, 0.1) is 17.7 Å². The summed E-state index contributed by atoms with van der Waals surface area (Å²) in [6.45, 7) is 4.79. The van der Waals surface area contributed by atoms with Gasteiger partial charge in [0, 0.05) is 35.7 Å². The smallest absolute Gasteiger partial charge is 0.107 e. The van der Waals surface area contributed by atoms with Crippen LogP contribution >= 0.6 is 11.6 Å².